The lowest BCUT2D eigenvalue weighted by Gasteiger charge is -2.31. The van der Waals surface area contributed by atoms with E-state index in [9.17, 15) is 14.0 Å². The Morgan fingerprint density at radius 2 is 2.03 bits per heavy atom. The van der Waals surface area contributed by atoms with Crippen LogP contribution >= 0.6 is 0 Å². The van der Waals surface area contributed by atoms with Crippen LogP contribution in [0, 0.1) is 5.82 Å². The van der Waals surface area contributed by atoms with Crippen molar-refractivity contribution in [1.82, 2.24) is 10.1 Å². The first-order chi connectivity index (χ1) is 17.0. The number of hydrogen-bond acceptors (Lipinski definition) is 6. The number of piperidine rings is 1. The number of ketones is 1. The van der Waals surface area contributed by atoms with Gasteiger partial charge in [-0.1, -0.05) is 5.16 Å². The summed E-state index contributed by atoms with van der Waals surface area (Å²) >= 11 is 0. The highest BCUT2D eigenvalue weighted by molar-refractivity contribution is 5.97. The fourth-order valence-electron chi connectivity index (χ4n) is 5.67. The molecule has 2 aromatic carbocycles. The predicted octanol–water partition coefficient (Wildman–Crippen LogP) is 4.93. The number of nitrogens with zero attached hydrogens (tertiary/aromatic N) is 3. The van der Waals surface area contributed by atoms with Crippen LogP contribution in [0.5, 0.6) is 0 Å². The molecule has 3 aromatic rings. The number of benzene rings is 2. The summed E-state index contributed by atoms with van der Waals surface area (Å²) in [6.07, 6.45) is 6.38. The number of likely N-dealkylation sites (tertiary alicyclic amines) is 1. The van der Waals surface area contributed by atoms with E-state index >= 15 is 0 Å². The third-order valence-electron chi connectivity index (χ3n) is 7.53. The Hall–Kier alpha value is -3.06. The van der Waals surface area contributed by atoms with Crippen molar-refractivity contribution in [2.45, 2.75) is 50.9 Å². The Bertz CT molecular complexity index is 1230. The van der Waals surface area contributed by atoms with E-state index in [1.165, 1.54) is 23.4 Å². The smallest absolute Gasteiger partial charge is 0.170 e. The molecule has 6 nitrogen and oxygen atoms in total. The number of anilines is 1. The molecule has 0 unspecified atom stereocenters. The fraction of sp³-hybridized carbons (Fsp3) is 0.464. The Morgan fingerprint density at radius 1 is 1.20 bits per heavy atom. The molecule has 0 radical (unpaired) electrons. The average Bonchev–Trinajstić information content (AvgIpc) is 3.46. The predicted molar refractivity (Wildman–Crippen MR) is 134 cm³/mol. The molecular formula is C28H32FN3O3. The number of Topliss-reactive ketones (excluding diaryl/α,β-unsaturated/α-hetero) is 1. The third kappa shape index (κ3) is 5.01. The maximum absolute atomic E-state index is 13.4. The van der Waals surface area contributed by atoms with E-state index in [0.717, 1.165) is 80.4 Å². The van der Waals surface area contributed by atoms with Gasteiger partial charge in [-0.15, -0.1) is 0 Å². The van der Waals surface area contributed by atoms with Crippen LogP contribution in [0.4, 0.5) is 10.1 Å². The molecule has 1 fully saturated rings. The van der Waals surface area contributed by atoms with Crippen molar-refractivity contribution in [2.24, 2.45) is 0 Å². The monoisotopic (exact) mass is 477 g/mol. The van der Waals surface area contributed by atoms with Gasteiger partial charge in [0.15, 0.2) is 11.4 Å². The summed E-state index contributed by atoms with van der Waals surface area (Å²) in [6.45, 7) is 3.76. The van der Waals surface area contributed by atoms with Gasteiger partial charge in [-0.3, -0.25) is 4.79 Å². The maximum Gasteiger partial charge on any atom is 0.170 e. The molecule has 0 amide bonds. The molecule has 184 valence electrons. The van der Waals surface area contributed by atoms with E-state index in [2.05, 4.69) is 28.1 Å². The maximum atomic E-state index is 13.4. The zero-order valence-electron chi connectivity index (χ0n) is 20.3. The Kier molecular flexibility index (Phi) is 6.95. The number of carbonyl (C=O) groups excluding carboxylic acids is 2. The van der Waals surface area contributed by atoms with Crippen molar-refractivity contribution in [3.8, 4) is 0 Å². The molecule has 5 rings (SSSR count). The minimum Gasteiger partial charge on any atom is -0.374 e. The van der Waals surface area contributed by atoms with Gasteiger partial charge in [0.25, 0.3) is 0 Å². The molecule has 0 bridgehead atoms. The largest absolute Gasteiger partial charge is 0.374 e. The highest BCUT2D eigenvalue weighted by atomic mass is 19.1. The Morgan fingerprint density at radius 3 is 2.83 bits per heavy atom. The van der Waals surface area contributed by atoms with E-state index in [1.54, 1.807) is 6.07 Å². The summed E-state index contributed by atoms with van der Waals surface area (Å²) in [5.41, 5.74) is 5.77. The number of halogens is 1. The average molecular weight is 478 g/mol. The number of rotatable bonds is 9. The van der Waals surface area contributed by atoms with Gasteiger partial charge in [-0.05, 0) is 87.1 Å². The topological polar surface area (TPSA) is 66.7 Å². The minimum atomic E-state index is -0.311. The lowest BCUT2D eigenvalue weighted by atomic mass is 9.91. The summed E-state index contributed by atoms with van der Waals surface area (Å²) in [5.74, 6) is 0.189. The lowest BCUT2D eigenvalue weighted by molar-refractivity contribution is -0.107. The highest BCUT2D eigenvalue weighted by Gasteiger charge is 2.26. The van der Waals surface area contributed by atoms with Crippen molar-refractivity contribution < 1.29 is 18.5 Å². The molecule has 2 aliphatic heterocycles. The lowest BCUT2D eigenvalue weighted by Crippen LogP contribution is -2.34. The molecule has 35 heavy (non-hydrogen) atoms. The first-order valence-corrected chi connectivity index (χ1v) is 12.6. The Labute approximate surface area is 205 Å². The molecule has 2 aliphatic rings. The quantitative estimate of drug-likeness (QED) is 0.322. The van der Waals surface area contributed by atoms with E-state index in [0.29, 0.717) is 30.8 Å². The van der Waals surface area contributed by atoms with Crippen molar-refractivity contribution in [2.75, 3.05) is 38.1 Å². The molecule has 3 heterocycles. The zero-order chi connectivity index (χ0) is 24.4. The summed E-state index contributed by atoms with van der Waals surface area (Å²) in [5, 5.41) is 5.14. The molecule has 1 aromatic heterocycles. The summed E-state index contributed by atoms with van der Waals surface area (Å²) < 4.78 is 18.8. The second-order valence-electron chi connectivity index (χ2n) is 9.87. The molecule has 0 saturated carbocycles. The summed E-state index contributed by atoms with van der Waals surface area (Å²) in [6, 6.07) is 8.68. The standard InChI is InChI=1S/C28H32FN3O3/c1-31-12-8-21-17-22(16-20(28(21)31)4-3-15-33)25(34)5-2-11-32-13-9-19(10-14-32)27-24-7-6-23(29)18-26(24)35-30-27/h6-7,15-19H,2-5,8-14H2,1H3. The van der Waals surface area contributed by atoms with E-state index in [-0.39, 0.29) is 11.6 Å². The number of hydrogen-bond donors (Lipinski definition) is 0. The van der Waals surface area contributed by atoms with Gasteiger partial charge < -0.3 is 19.1 Å². The van der Waals surface area contributed by atoms with Crippen LogP contribution in [0.25, 0.3) is 11.0 Å². The van der Waals surface area contributed by atoms with Crippen LogP contribution in [0.15, 0.2) is 34.9 Å². The van der Waals surface area contributed by atoms with Gasteiger partial charge in [-0.2, -0.15) is 0 Å². The van der Waals surface area contributed by atoms with Crippen LogP contribution < -0.4 is 4.90 Å². The molecule has 0 aliphatic carbocycles. The van der Waals surface area contributed by atoms with Crippen molar-refractivity contribution in [3.05, 3.63) is 58.5 Å². The van der Waals surface area contributed by atoms with Gasteiger partial charge >= 0.3 is 0 Å². The first kappa shape index (κ1) is 23.7. The van der Waals surface area contributed by atoms with Gasteiger partial charge in [-0.25, -0.2) is 4.39 Å². The van der Waals surface area contributed by atoms with Crippen LogP contribution in [-0.4, -0.2) is 55.4 Å². The number of likely N-dealkylation sites (N-methyl/N-ethyl adjacent to an activating group) is 1. The minimum absolute atomic E-state index is 0.186. The molecule has 0 N–H and O–H groups in total. The van der Waals surface area contributed by atoms with Crippen LogP contribution in [0.3, 0.4) is 0 Å². The van der Waals surface area contributed by atoms with Gasteiger partial charge in [0.2, 0.25) is 0 Å². The number of aromatic nitrogens is 1. The molecule has 1 saturated heterocycles. The van der Waals surface area contributed by atoms with Crippen LogP contribution in [0.1, 0.15) is 65.2 Å². The van der Waals surface area contributed by atoms with Crippen molar-refractivity contribution in [1.29, 1.82) is 0 Å². The van der Waals surface area contributed by atoms with Gasteiger partial charge in [0.05, 0.1) is 5.69 Å². The molecule has 0 spiro atoms. The Balaban J connectivity index is 1.14. The van der Waals surface area contributed by atoms with Gasteiger partial charge in [0.1, 0.15) is 12.1 Å². The molecule has 7 heteroatoms. The van der Waals surface area contributed by atoms with E-state index < -0.39 is 0 Å². The number of carbonyl (C=O) groups is 2. The number of fused-ring (bicyclic) bond motifs is 2. The third-order valence-corrected chi connectivity index (χ3v) is 7.53. The SMILES string of the molecule is CN1CCc2cc(C(=O)CCCN3CCC(c4noc5cc(F)ccc45)CC3)cc(CCC=O)c21. The molecule has 0 atom stereocenters. The summed E-state index contributed by atoms with van der Waals surface area (Å²) in [7, 11) is 2.08. The van der Waals surface area contributed by atoms with E-state index in [1.807, 2.05) is 6.07 Å². The van der Waals surface area contributed by atoms with Crippen molar-refractivity contribution >= 4 is 28.7 Å². The number of aryl methyl sites for hydroxylation is 1. The van der Waals surface area contributed by atoms with Crippen LogP contribution in [0.2, 0.25) is 0 Å². The second-order valence-corrected chi connectivity index (χ2v) is 9.87. The zero-order valence-corrected chi connectivity index (χ0v) is 20.3. The number of aldehydes is 1. The van der Waals surface area contributed by atoms with Crippen molar-refractivity contribution in [3.63, 3.8) is 0 Å². The normalized spacial score (nSPS) is 16.7. The first-order valence-electron chi connectivity index (χ1n) is 12.6. The fourth-order valence-corrected chi connectivity index (χ4v) is 5.67. The van der Waals surface area contributed by atoms with Gasteiger partial charge in [0, 0.05) is 55.1 Å². The van der Waals surface area contributed by atoms with Crippen LogP contribution in [-0.2, 0) is 17.6 Å². The second kappa shape index (κ2) is 10.3. The van der Waals surface area contributed by atoms with E-state index in [4.69, 9.17) is 4.52 Å². The highest BCUT2D eigenvalue weighted by Crippen LogP contribution is 2.34. The summed E-state index contributed by atoms with van der Waals surface area (Å²) in [4.78, 5) is 28.6. The molecular weight excluding hydrogens is 445 g/mol.